The molecule has 10 aromatic rings. The van der Waals surface area contributed by atoms with E-state index in [9.17, 15) is 0 Å². The summed E-state index contributed by atoms with van der Waals surface area (Å²) in [6.07, 6.45) is 2.31. The van der Waals surface area contributed by atoms with Crippen molar-refractivity contribution in [3.8, 4) is 33.4 Å². The Bertz CT molecular complexity index is 4260. The van der Waals surface area contributed by atoms with Crippen LogP contribution in [-0.2, 0) is 27.1 Å². The summed E-state index contributed by atoms with van der Waals surface area (Å²) in [6.45, 7) is 28.8. The topological polar surface area (TPSA) is 19.6 Å². The molecule has 3 nitrogen and oxygen atoms in total. The predicted molar refractivity (Wildman–Crippen MR) is 332 cm³/mol. The summed E-state index contributed by atoms with van der Waals surface area (Å²) in [4.78, 5) is 8.20. The van der Waals surface area contributed by atoms with Gasteiger partial charge in [-0.3, -0.25) is 0 Å². The lowest BCUT2D eigenvalue weighted by molar-refractivity contribution is 0.332. The van der Waals surface area contributed by atoms with Crippen LogP contribution in [0.2, 0.25) is 0 Å². The minimum Gasteiger partial charge on any atom is -0.456 e. The highest BCUT2D eigenvalue weighted by molar-refractivity contribution is 7.99. The van der Waals surface area contributed by atoms with Crippen LogP contribution in [0.1, 0.15) is 134 Å². The summed E-state index contributed by atoms with van der Waals surface area (Å²) in [5.74, 6) is 0. The lowest BCUT2D eigenvalue weighted by Crippen LogP contribution is -2.62. The molecule has 2 aliphatic carbocycles. The van der Waals surface area contributed by atoms with Crippen LogP contribution < -0.4 is 20.6 Å². The normalized spacial score (nSPS) is 17.4. The highest BCUT2D eigenvalue weighted by Gasteiger charge is 2.52. The van der Waals surface area contributed by atoms with E-state index in [1.165, 1.54) is 139 Å². The number of nitrogens with zero attached hydrogens (tertiary/aromatic N) is 2. The average molecular weight is 1030 g/mol. The van der Waals surface area contributed by atoms with E-state index in [1.54, 1.807) is 0 Å². The van der Waals surface area contributed by atoms with Crippen molar-refractivity contribution in [2.24, 2.45) is 0 Å². The van der Waals surface area contributed by atoms with Crippen LogP contribution >= 0.6 is 11.8 Å². The van der Waals surface area contributed by atoms with Crippen LogP contribution in [-0.4, -0.2) is 6.85 Å². The van der Waals surface area contributed by atoms with E-state index in [4.69, 9.17) is 4.42 Å². The minimum absolute atomic E-state index is 0.00230. The fraction of sp³-hybridized carbons (Fsp3) is 0.260. The molecule has 0 unspecified atom stereocenters. The smallest absolute Gasteiger partial charge is 0.333 e. The molecule has 5 heteroatoms. The van der Waals surface area contributed by atoms with Crippen LogP contribution in [0.15, 0.2) is 178 Å². The number of hydrogen-bond acceptors (Lipinski definition) is 4. The van der Waals surface area contributed by atoms with Gasteiger partial charge in [0.05, 0.1) is 0 Å². The number of fused-ring (bicyclic) bond motifs is 15. The molecule has 0 fully saturated rings. The van der Waals surface area contributed by atoms with Gasteiger partial charge in [0.25, 0.3) is 0 Å². The first-order valence-corrected chi connectivity index (χ1v) is 29.2. The van der Waals surface area contributed by atoms with Gasteiger partial charge in [-0.1, -0.05) is 203 Å². The minimum atomic E-state index is -0.329. The van der Waals surface area contributed by atoms with Crippen LogP contribution in [0, 0.1) is 6.92 Å². The fourth-order valence-electron chi connectivity index (χ4n) is 15.0. The quantitative estimate of drug-likeness (QED) is 0.164. The van der Waals surface area contributed by atoms with Gasteiger partial charge in [0.15, 0.2) is 0 Å². The molecule has 0 N–H and O–H groups in total. The Balaban J connectivity index is 1.15. The van der Waals surface area contributed by atoms with Crippen molar-refractivity contribution < 1.29 is 4.42 Å². The zero-order valence-corrected chi connectivity index (χ0v) is 48.1. The average Bonchev–Trinajstić information content (AvgIpc) is 4.07. The van der Waals surface area contributed by atoms with Gasteiger partial charge < -0.3 is 14.1 Å². The van der Waals surface area contributed by atoms with Crippen LogP contribution in [0.3, 0.4) is 0 Å². The number of furan rings is 1. The lowest BCUT2D eigenvalue weighted by atomic mass is 9.42. The second-order valence-electron chi connectivity index (χ2n) is 26.7. The highest BCUT2D eigenvalue weighted by Crippen LogP contribution is 2.61. The van der Waals surface area contributed by atoms with Crippen molar-refractivity contribution in [3.63, 3.8) is 0 Å². The third-order valence-electron chi connectivity index (χ3n) is 19.4. The van der Waals surface area contributed by atoms with E-state index in [1.807, 2.05) is 11.8 Å². The molecule has 3 aliphatic heterocycles. The maximum atomic E-state index is 7.23. The Labute approximate surface area is 465 Å². The lowest BCUT2D eigenvalue weighted by Gasteiger charge is -2.49. The van der Waals surface area contributed by atoms with Gasteiger partial charge in [-0.2, -0.15) is 0 Å². The van der Waals surface area contributed by atoms with Crippen LogP contribution in [0.4, 0.5) is 28.4 Å². The van der Waals surface area contributed by atoms with E-state index < -0.39 is 0 Å². The first-order valence-electron chi connectivity index (χ1n) is 28.4. The largest absolute Gasteiger partial charge is 0.456 e. The molecule has 1 aromatic heterocycles. The van der Waals surface area contributed by atoms with Gasteiger partial charge >= 0.3 is 6.85 Å². The Kier molecular flexibility index (Phi) is 9.82. The summed E-state index contributed by atoms with van der Waals surface area (Å²) < 4.78 is 7.23. The van der Waals surface area contributed by atoms with Crippen molar-refractivity contribution in [1.82, 2.24) is 0 Å². The molecular formula is C73H67BN2OS. The molecule has 0 amide bonds. The first kappa shape index (κ1) is 48.0. The number of benzene rings is 9. The molecule has 5 aliphatic rings. The fourth-order valence-corrected chi connectivity index (χ4v) is 16.5. The van der Waals surface area contributed by atoms with E-state index in [0.717, 1.165) is 23.0 Å². The molecule has 0 atom stereocenters. The molecule has 0 bridgehead atoms. The number of hydrogen-bond donors (Lipinski definition) is 0. The molecule has 0 saturated heterocycles. The zero-order valence-electron chi connectivity index (χ0n) is 47.3. The standard InChI is InChI=1S/C73H67BN2OS/c1-42-36-52-53(71(7,8)35-34-70(52,5)6)38-57(42)75-58-39-54-63(78-62-29-21-19-27-51(62)72(54,9)10)40-55(58)74-67-59(75)41-61-64(47-25-17-20-28-60(47)77-61)65(67)48-32-31-46-45-24-16-18-26-50(45)73(11,12)66(46)68(48)76(74)56-33-30-44(69(2,3)4)37-49(56)43-22-14-13-15-23-43/h13-33,36-41H,34-35H2,1-12H3. The third kappa shape index (κ3) is 6.49. The molecule has 0 radical (unpaired) electrons. The summed E-state index contributed by atoms with van der Waals surface area (Å²) in [6, 6.07) is 63.5. The molecule has 0 spiro atoms. The predicted octanol–water partition coefficient (Wildman–Crippen LogP) is 19.0. The van der Waals surface area contributed by atoms with E-state index in [2.05, 4.69) is 257 Å². The van der Waals surface area contributed by atoms with Gasteiger partial charge in [-0.25, -0.2) is 0 Å². The number of para-hydroxylation sites is 1. The summed E-state index contributed by atoms with van der Waals surface area (Å²) in [5, 5.41) is 2.34. The van der Waals surface area contributed by atoms with Gasteiger partial charge in [0, 0.05) is 77.0 Å². The Morgan fingerprint density at radius 2 is 1.18 bits per heavy atom. The Hall–Kier alpha value is -7.21. The molecule has 384 valence electrons. The van der Waals surface area contributed by atoms with E-state index in [0.29, 0.717) is 0 Å². The SMILES string of the molecule is Cc1cc2c(cc1N1c3cc4c(cc3B3c5c1cc1oc6ccccc6c1c5-c1ccc5c(c1N3c1ccc(C(C)(C)C)cc1-c1ccccc1)C(C)(C)c1ccccc1-5)Sc1ccccc1C4(C)C)C(C)(C)CCC2(C)C. The second kappa shape index (κ2) is 16.0. The highest BCUT2D eigenvalue weighted by atomic mass is 32.2. The third-order valence-corrected chi connectivity index (χ3v) is 20.5. The second-order valence-corrected chi connectivity index (χ2v) is 27.8. The van der Waals surface area contributed by atoms with E-state index >= 15 is 0 Å². The van der Waals surface area contributed by atoms with Crippen molar-refractivity contribution in [1.29, 1.82) is 0 Å². The van der Waals surface area contributed by atoms with Crippen LogP contribution in [0.5, 0.6) is 0 Å². The van der Waals surface area contributed by atoms with Crippen molar-refractivity contribution >= 4 is 79.9 Å². The summed E-state index contributed by atoms with van der Waals surface area (Å²) in [7, 11) is 0. The molecule has 9 aromatic carbocycles. The van der Waals surface area contributed by atoms with Gasteiger partial charge in [-0.05, 0) is 156 Å². The maximum absolute atomic E-state index is 7.23. The summed E-state index contributed by atoms with van der Waals surface area (Å²) in [5.41, 5.74) is 28.6. The van der Waals surface area contributed by atoms with Gasteiger partial charge in [-0.15, -0.1) is 0 Å². The summed E-state index contributed by atoms with van der Waals surface area (Å²) >= 11 is 1.94. The molecular weight excluding hydrogens is 964 g/mol. The van der Waals surface area contributed by atoms with E-state index in [-0.39, 0.29) is 33.9 Å². The zero-order chi connectivity index (χ0) is 53.7. The van der Waals surface area contributed by atoms with Crippen LogP contribution in [0.25, 0.3) is 55.3 Å². The Morgan fingerprint density at radius 1 is 0.513 bits per heavy atom. The van der Waals surface area contributed by atoms with Gasteiger partial charge in [0.2, 0.25) is 0 Å². The molecule has 78 heavy (non-hydrogen) atoms. The van der Waals surface area contributed by atoms with Crippen molar-refractivity contribution in [2.75, 3.05) is 9.71 Å². The van der Waals surface area contributed by atoms with Crippen molar-refractivity contribution in [3.05, 3.63) is 208 Å². The number of aryl methyl sites for hydroxylation is 1. The molecule has 0 saturated carbocycles. The van der Waals surface area contributed by atoms with Crippen molar-refractivity contribution in [2.45, 2.75) is 133 Å². The monoisotopic (exact) mass is 1030 g/mol. The number of rotatable bonds is 3. The molecule has 15 rings (SSSR count). The first-order chi connectivity index (χ1) is 37.2. The maximum Gasteiger partial charge on any atom is 0.333 e. The molecule has 4 heterocycles. The number of anilines is 5. The van der Waals surface area contributed by atoms with Gasteiger partial charge in [0.1, 0.15) is 11.2 Å². The Morgan fingerprint density at radius 3 is 1.95 bits per heavy atom.